The maximum Gasteiger partial charge on any atom is 0.348 e. The van der Waals surface area contributed by atoms with Gasteiger partial charge in [-0.3, -0.25) is 4.79 Å². The van der Waals surface area contributed by atoms with Gasteiger partial charge in [0.05, 0.1) is 0 Å². The fraction of sp³-hybridized carbons (Fsp3) is 0.400. The van der Waals surface area contributed by atoms with Gasteiger partial charge in [0, 0.05) is 19.2 Å². The number of hydrogen-bond acceptors (Lipinski definition) is 6. The van der Waals surface area contributed by atoms with Crippen LogP contribution in [0.2, 0.25) is 0 Å². The van der Waals surface area contributed by atoms with Crippen molar-refractivity contribution in [1.29, 1.82) is 0 Å². The number of fused-ring (bicyclic) bond motifs is 1. The van der Waals surface area contributed by atoms with Crippen molar-refractivity contribution in [3.8, 4) is 0 Å². The Hall–Kier alpha value is -2.42. The average Bonchev–Trinajstić information content (AvgIpc) is 2.95. The Bertz CT molecular complexity index is 707. The van der Waals surface area contributed by atoms with Crippen molar-refractivity contribution in [2.24, 2.45) is 5.73 Å². The predicted octanol–water partition coefficient (Wildman–Crippen LogP) is -1.59. The van der Waals surface area contributed by atoms with Crippen LogP contribution in [0.1, 0.15) is 6.42 Å². The van der Waals surface area contributed by atoms with E-state index in [2.05, 4.69) is 15.2 Å². The van der Waals surface area contributed by atoms with E-state index >= 15 is 0 Å². The van der Waals surface area contributed by atoms with Gasteiger partial charge in [-0.15, -0.1) is 0 Å². The van der Waals surface area contributed by atoms with Crippen molar-refractivity contribution in [1.82, 2.24) is 19.6 Å². The number of nitrogens with two attached hydrogens (primary N) is 1. The quantitative estimate of drug-likeness (QED) is 0.596. The highest BCUT2D eigenvalue weighted by molar-refractivity contribution is 5.80. The molecule has 0 bridgehead atoms. The highest BCUT2D eigenvalue weighted by atomic mass is 16.4. The molecular weight excluding hydrogens is 252 g/mol. The lowest BCUT2D eigenvalue weighted by Gasteiger charge is -2.20. The van der Waals surface area contributed by atoms with Crippen LogP contribution in [0.5, 0.6) is 0 Å². The molecule has 0 amide bonds. The van der Waals surface area contributed by atoms with Crippen molar-refractivity contribution in [2.75, 3.05) is 18.0 Å². The van der Waals surface area contributed by atoms with Gasteiger partial charge in [-0.05, 0) is 6.42 Å². The number of H-pyrrole nitrogens is 1. The Labute approximate surface area is 106 Å². The Morgan fingerprint density at radius 3 is 3.05 bits per heavy atom. The number of rotatable bonds is 2. The van der Waals surface area contributed by atoms with Crippen LogP contribution >= 0.6 is 0 Å². The first kappa shape index (κ1) is 11.7. The summed E-state index contributed by atoms with van der Waals surface area (Å²) in [5, 5.41) is 15.2. The van der Waals surface area contributed by atoms with Crippen LogP contribution < -0.4 is 16.3 Å². The molecule has 1 saturated heterocycles. The number of nitrogens with zero attached hydrogens (tertiary/aromatic N) is 4. The normalized spacial score (nSPS) is 23.1. The molecule has 0 spiro atoms. The zero-order valence-electron chi connectivity index (χ0n) is 9.91. The molecule has 1 fully saturated rings. The summed E-state index contributed by atoms with van der Waals surface area (Å²) >= 11 is 0. The molecule has 100 valence electrons. The first-order chi connectivity index (χ1) is 8.99. The summed E-state index contributed by atoms with van der Waals surface area (Å²) in [5.74, 6) is -0.466. The Kier molecular flexibility index (Phi) is 2.32. The molecular formula is C10H12N6O3. The number of aromatic amines is 1. The molecule has 0 aliphatic carbocycles. The SMILES string of the molecule is NC1(C(=O)O)CCN(c2cc3n[nH]c(=O)n3cn2)C1. The van der Waals surface area contributed by atoms with Crippen LogP contribution in [0.3, 0.4) is 0 Å². The molecule has 1 aliphatic rings. The molecule has 3 heterocycles. The second kappa shape index (κ2) is 3.79. The van der Waals surface area contributed by atoms with Crippen molar-refractivity contribution >= 4 is 17.4 Å². The van der Waals surface area contributed by atoms with Crippen LogP contribution in [-0.4, -0.2) is 49.3 Å². The third-order valence-corrected chi connectivity index (χ3v) is 3.35. The van der Waals surface area contributed by atoms with Crippen LogP contribution in [0.15, 0.2) is 17.2 Å². The maximum absolute atomic E-state index is 11.3. The van der Waals surface area contributed by atoms with Crippen molar-refractivity contribution in [2.45, 2.75) is 12.0 Å². The molecule has 9 nitrogen and oxygen atoms in total. The van der Waals surface area contributed by atoms with Crippen LogP contribution in [0.25, 0.3) is 5.65 Å². The molecule has 19 heavy (non-hydrogen) atoms. The van der Waals surface area contributed by atoms with Gasteiger partial charge in [0.2, 0.25) is 0 Å². The Morgan fingerprint density at radius 2 is 2.37 bits per heavy atom. The summed E-state index contributed by atoms with van der Waals surface area (Å²) in [4.78, 5) is 28.3. The zero-order chi connectivity index (χ0) is 13.6. The van der Waals surface area contributed by atoms with Gasteiger partial charge in [0.1, 0.15) is 17.7 Å². The number of carboxylic acid groups (broad SMARTS) is 1. The minimum atomic E-state index is -1.25. The number of carbonyl (C=O) groups is 1. The summed E-state index contributed by atoms with van der Waals surface area (Å²) in [7, 11) is 0. The molecule has 1 atom stereocenters. The van der Waals surface area contributed by atoms with Gasteiger partial charge in [0.25, 0.3) is 0 Å². The third kappa shape index (κ3) is 1.74. The van der Waals surface area contributed by atoms with Gasteiger partial charge >= 0.3 is 11.7 Å². The summed E-state index contributed by atoms with van der Waals surface area (Å²) < 4.78 is 1.27. The van der Waals surface area contributed by atoms with E-state index in [0.29, 0.717) is 24.4 Å². The number of aromatic nitrogens is 4. The van der Waals surface area contributed by atoms with Crippen LogP contribution in [0.4, 0.5) is 5.82 Å². The van der Waals surface area contributed by atoms with E-state index in [1.807, 2.05) is 0 Å². The topological polar surface area (TPSA) is 130 Å². The fourth-order valence-electron chi connectivity index (χ4n) is 2.18. The number of nitrogens with one attached hydrogen (secondary N) is 1. The van der Waals surface area contributed by atoms with Crippen molar-refractivity contribution in [3.05, 3.63) is 22.9 Å². The van der Waals surface area contributed by atoms with E-state index in [1.54, 1.807) is 11.0 Å². The maximum atomic E-state index is 11.3. The molecule has 1 unspecified atom stereocenters. The van der Waals surface area contributed by atoms with E-state index in [1.165, 1.54) is 10.7 Å². The molecule has 2 aromatic heterocycles. The van der Waals surface area contributed by atoms with Gasteiger partial charge in [-0.25, -0.2) is 19.3 Å². The third-order valence-electron chi connectivity index (χ3n) is 3.35. The first-order valence-corrected chi connectivity index (χ1v) is 5.70. The largest absolute Gasteiger partial charge is 0.480 e. The number of anilines is 1. The monoisotopic (exact) mass is 264 g/mol. The highest BCUT2D eigenvalue weighted by Gasteiger charge is 2.41. The number of hydrogen-bond donors (Lipinski definition) is 3. The Balaban J connectivity index is 1.94. The lowest BCUT2D eigenvalue weighted by atomic mass is 10.0. The predicted molar refractivity (Wildman–Crippen MR) is 65.0 cm³/mol. The summed E-state index contributed by atoms with van der Waals surface area (Å²) in [6.45, 7) is 0.681. The van der Waals surface area contributed by atoms with Gasteiger partial charge in [-0.2, -0.15) is 5.10 Å². The van der Waals surface area contributed by atoms with Gasteiger partial charge in [0.15, 0.2) is 5.65 Å². The lowest BCUT2D eigenvalue weighted by molar-refractivity contribution is -0.142. The lowest BCUT2D eigenvalue weighted by Crippen LogP contribution is -2.50. The van der Waals surface area contributed by atoms with Gasteiger partial charge in [-0.1, -0.05) is 0 Å². The molecule has 1 aliphatic heterocycles. The minimum absolute atomic E-state index is 0.181. The first-order valence-electron chi connectivity index (χ1n) is 5.70. The Morgan fingerprint density at radius 1 is 1.58 bits per heavy atom. The van der Waals surface area contributed by atoms with Crippen LogP contribution in [-0.2, 0) is 4.79 Å². The number of aliphatic carboxylic acids is 1. The van der Waals surface area contributed by atoms with Crippen LogP contribution in [0, 0.1) is 0 Å². The van der Waals surface area contributed by atoms with E-state index in [0.717, 1.165) is 0 Å². The number of carboxylic acids is 1. The summed E-state index contributed by atoms with van der Waals surface area (Å²) in [5.41, 5.74) is 4.61. The van der Waals surface area contributed by atoms with E-state index in [9.17, 15) is 9.59 Å². The standard InChI is InChI=1S/C10H12N6O3/c11-10(8(17)18)1-2-15(4-10)6-3-7-13-14-9(19)16(7)5-12-6/h3,5H,1-2,4,11H2,(H,14,19)(H,17,18). The van der Waals surface area contributed by atoms with Crippen molar-refractivity contribution < 1.29 is 9.90 Å². The molecule has 0 radical (unpaired) electrons. The molecule has 2 aromatic rings. The highest BCUT2D eigenvalue weighted by Crippen LogP contribution is 2.24. The average molecular weight is 264 g/mol. The molecule has 0 aromatic carbocycles. The summed E-state index contributed by atoms with van der Waals surface area (Å²) in [6.07, 6.45) is 1.70. The smallest absolute Gasteiger partial charge is 0.348 e. The molecule has 9 heteroatoms. The summed E-state index contributed by atoms with van der Waals surface area (Å²) in [6, 6.07) is 1.62. The second-order valence-corrected chi connectivity index (χ2v) is 4.64. The van der Waals surface area contributed by atoms with E-state index in [-0.39, 0.29) is 12.2 Å². The zero-order valence-corrected chi connectivity index (χ0v) is 9.91. The van der Waals surface area contributed by atoms with Crippen molar-refractivity contribution in [3.63, 3.8) is 0 Å². The molecule has 4 N–H and O–H groups in total. The van der Waals surface area contributed by atoms with E-state index < -0.39 is 11.5 Å². The second-order valence-electron chi connectivity index (χ2n) is 4.64. The van der Waals surface area contributed by atoms with E-state index in [4.69, 9.17) is 10.8 Å². The molecule has 0 saturated carbocycles. The molecule has 3 rings (SSSR count). The van der Waals surface area contributed by atoms with Gasteiger partial charge < -0.3 is 15.7 Å². The minimum Gasteiger partial charge on any atom is -0.480 e. The fourth-order valence-corrected chi connectivity index (χ4v) is 2.18.